The van der Waals surface area contributed by atoms with Gasteiger partial charge in [-0.05, 0) is 30.3 Å². The van der Waals surface area contributed by atoms with Gasteiger partial charge in [-0.15, -0.1) is 11.3 Å². The van der Waals surface area contributed by atoms with Crippen molar-refractivity contribution in [1.29, 1.82) is 0 Å². The van der Waals surface area contributed by atoms with E-state index >= 15 is 0 Å². The van der Waals surface area contributed by atoms with E-state index in [4.69, 9.17) is 21.9 Å². The van der Waals surface area contributed by atoms with Gasteiger partial charge in [-0.3, -0.25) is 4.55 Å². The molecule has 1 aromatic heterocycles. The standard InChI is InChI=1S/C14H10ClF3N2O3S2/c15-8-3-1-2-4-9(8)20-10(7-12(19)14(16,17)18)11-5-6-13(24-11)25(21,22)23/h1-7H,19H2,(H,21,22,23). The molecule has 0 bridgehead atoms. The molecule has 0 fully saturated rings. The number of rotatable bonds is 4. The first kappa shape index (κ1) is 19.4. The van der Waals surface area contributed by atoms with Gasteiger partial charge in [0, 0.05) is 0 Å². The molecule has 1 heterocycles. The number of halogens is 4. The summed E-state index contributed by atoms with van der Waals surface area (Å²) in [6.45, 7) is 0. The summed E-state index contributed by atoms with van der Waals surface area (Å²) in [7, 11) is -4.49. The third kappa shape index (κ3) is 5.05. The van der Waals surface area contributed by atoms with Crippen LogP contribution >= 0.6 is 22.9 Å². The topological polar surface area (TPSA) is 92.8 Å². The van der Waals surface area contributed by atoms with Crippen molar-refractivity contribution in [2.75, 3.05) is 0 Å². The number of aliphatic imine (C=N–C) groups is 1. The fraction of sp³-hybridized carbons (Fsp3) is 0.0714. The number of para-hydroxylation sites is 1. The molecule has 11 heteroatoms. The van der Waals surface area contributed by atoms with Crippen LogP contribution in [0.2, 0.25) is 5.02 Å². The third-order valence-corrected chi connectivity index (χ3v) is 5.55. The van der Waals surface area contributed by atoms with E-state index in [1.165, 1.54) is 18.2 Å². The van der Waals surface area contributed by atoms with Crippen LogP contribution in [-0.2, 0) is 10.1 Å². The summed E-state index contributed by atoms with van der Waals surface area (Å²) >= 11 is 6.49. The summed E-state index contributed by atoms with van der Waals surface area (Å²) in [5.41, 5.74) is 3.54. The van der Waals surface area contributed by atoms with Gasteiger partial charge in [0.2, 0.25) is 0 Å². The van der Waals surface area contributed by atoms with Gasteiger partial charge in [0.15, 0.2) is 0 Å². The smallest absolute Gasteiger partial charge is 0.395 e. The van der Waals surface area contributed by atoms with Crippen molar-refractivity contribution in [3.8, 4) is 0 Å². The van der Waals surface area contributed by atoms with E-state index < -0.39 is 26.2 Å². The molecule has 1 aromatic carbocycles. The fourth-order valence-corrected chi connectivity index (χ4v) is 3.46. The molecule has 3 N–H and O–H groups in total. The second-order valence-electron chi connectivity index (χ2n) is 4.64. The Labute approximate surface area is 150 Å². The summed E-state index contributed by atoms with van der Waals surface area (Å²) in [6, 6.07) is 8.42. The minimum atomic E-state index is -4.79. The lowest BCUT2D eigenvalue weighted by molar-refractivity contribution is -0.0925. The second kappa shape index (κ2) is 7.16. The molecule has 2 rings (SSSR count). The zero-order chi connectivity index (χ0) is 18.8. The van der Waals surface area contributed by atoms with Crippen LogP contribution in [0.25, 0.3) is 0 Å². The van der Waals surface area contributed by atoms with E-state index in [9.17, 15) is 21.6 Å². The van der Waals surface area contributed by atoms with Crippen LogP contribution in [0.3, 0.4) is 0 Å². The van der Waals surface area contributed by atoms with Gasteiger partial charge in [0.25, 0.3) is 0 Å². The van der Waals surface area contributed by atoms with E-state index in [2.05, 4.69) is 4.99 Å². The summed E-state index contributed by atoms with van der Waals surface area (Å²) < 4.78 is 69.1. The van der Waals surface area contributed by atoms with Gasteiger partial charge in [-0.2, -0.15) is 21.6 Å². The van der Waals surface area contributed by atoms with Crippen molar-refractivity contribution in [2.45, 2.75) is 10.4 Å². The highest BCUT2D eigenvalue weighted by molar-refractivity contribution is 7.88. The molecule has 0 radical (unpaired) electrons. The largest absolute Gasteiger partial charge is 0.430 e. The first-order valence-electron chi connectivity index (χ1n) is 6.44. The quantitative estimate of drug-likeness (QED) is 0.584. The minimum absolute atomic E-state index is 0.0553. The van der Waals surface area contributed by atoms with Crippen LogP contribution in [0.15, 0.2) is 57.4 Å². The van der Waals surface area contributed by atoms with Gasteiger partial charge in [-0.25, -0.2) is 4.99 Å². The minimum Gasteiger partial charge on any atom is -0.395 e. The van der Waals surface area contributed by atoms with E-state index in [1.807, 2.05) is 0 Å². The molecule has 5 nitrogen and oxygen atoms in total. The number of nitrogens with zero attached hydrogens (tertiary/aromatic N) is 1. The predicted molar refractivity (Wildman–Crippen MR) is 90.1 cm³/mol. The molecular weight excluding hydrogens is 401 g/mol. The van der Waals surface area contributed by atoms with Gasteiger partial charge in [0.05, 0.1) is 21.3 Å². The second-order valence-corrected chi connectivity index (χ2v) is 7.78. The van der Waals surface area contributed by atoms with Crippen molar-refractivity contribution in [1.82, 2.24) is 0 Å². The van der Waals surface area contributed by atoms with E-state index in [0.29, 0.717) is 17.4 Å². The Bertz CT molecular complexity index is 950. The summed E-state index contributed by atoms with van der Waals surface area (Å²) in [5.74, 6) is 0. The molecule has 134 valence electrons. The van der Waals surface area contributed by atoms with E-state index in [0.717, 1.165) is 6.07 Å². The highest BCUT2D eigenvalue weighted by atomic mass is 35.5. The Kier molecular flexibility index (Phi) is 5.57. The van der Waals surface area contributed by atoms with Crippen LogP contribution in [0.1, 0.15) is 4.88 Å². The van der Waals surface area contributed by atoms with Crippen LogP contribution in [0.5, 0.6) is 0 Å². The fourth-order valence-electron chi connectivity index (χ4n) is 1.66. The lowest BCUT2D eigenvalue weighted by Crippen LogP contribution is -2.20. The summed E-state index contributed by atoms with van der Waals surface area (Å²) in [5, 5.41) is 0.186. The number of benzene rings is 1. The van der Waals surface area contributed by atoms with Crippen molar-refractivity contribution in [3.05, 3.63) is 58.1 Å². The summed E-state index contributed by atoms with van der Waals surface area (Å²) in [6.07, 6.45) is -4.21. The number of nitrogens with two attached hydrogens (primary N) is 1. The molecule has 25 heavy (non-hydrogen) atoms. The molecule has 0 aliphatic rings. The molecule has 0 atom stereocenters. The van der Waals surface area contributed by atoms with E-state index in [1.54, 1.807) is 12.1 Å². The molecule has 0 saturated heterocycles. The maximum absolute atomic E-state index is 12.7. The zero-order valence-corrected chi connectivity index (χ0v) is 14.5. The highest BCUT2D eigenvalue weighted by Crippen LogP contribution is 2.29. The van der Waals surface area contributed by atoms with Gasteiger partial charge in [0.1, 0.15) is 9.91 Å². The molecule has 0 amide bonds. The average molecular weight is 411 g/mol. The van der Waals surface area contributed by atoms with Crippen LogP contribution < -0.4 is 5.73 Å². The predicted octanol–water partition coefficient (Wildman–Crippen LogP) is 4.17. The Balaban J connectivity index is 2.61. The third-order valence-electron chi connectivity index (χ3n) is 2.80. The van der Waals surface area contributed by atoms with Crippen molar-refractivity contribution >= 4 is 44.5 Å². The van der Waals surface area contributed by atoms with Crippen LogP contribution in [0, 0.1) is 0 Å². The lowest BCUT2D eigenvalue weighted by atomic mass is 10.2. The Morgan fingerprint density at radius 2 is 1.88 bits per heavy atom. The summed E-state index contributed by atoms with van der Waals surface area (Å²) in [4.78, 5) is 4.09. The van der Waals surface area contributed by atoms with Crippen LogP contribution in [-0.4, -0.2) is 24.9 Å². The number of allylic oxidation sites excluding steroid dienone is 2. The molecule has 0 aliphatic carbocycles. The lowest BCUT2D eigenvalue weighted by Gasteiger charge is -2.07. The van der Waals surface area contributed by atoms with Crippen molar-refractivity contribution in [3.63, 3.8) is 0 Å². The maximum Gasteiger partial charge on any atom is 0.430 e. The first-order valence-corrected chi connectivity index (χ1v) is 9.07. The van der Waals surface area contributed by atoms with Gasteiger partial charge < -0.3 is 5.73 Å². The Hall–Kier alpha value is -1.88. The monoisotopic (exact) mass is 410 g/mol. The average Bonchev–Trinajstić information content (AvgIpc) is 2.97. The molecule has 2 aromatic rings. The molecule has 0 spiro atoms. The van der Waals surface area contributed by atoms with Gasteiger partial charge >= 0.3 is 16.3 Å². The number of hydrogen-bond acceptors (Lipinski definition) is 5. The Morgan fingerprint density at radius 1 is 1.24 bits per heavy atom. The zero-order valence-electron chi connectivity index (χ0n) is 12.2. The normalized spacial score (nSPS) is 14.0. The first-order chi connectivity index (χ1) is 11.5. The highest BCUT2D eigenvalue weighted by Gasteiger charge is 2.32. The molecule has 0 aliphatic heterocycles. The number of hydrogen-bond donors (Lipinski definition) is 2. The molecule has 0 saturated carbocycles. The molecule has 0 unspecified atom stereocenters. The number of alkyl halides is 3. The SMILES string of the molecule is NC(=CC(=Nc1ccccc1Cl)c1ccc(S(=O)(=O)O)s1)C(F)(F)F. The molecular formula is C14H10ClF3N2O3S2. The van der Waals surface area contributed by atoms with Gasteiger partial charge in [-0.1, -0.05) is 23.7 Å². The Morgan fingerprint density at radius 3 is 2.40 bits per heavy atom. The van der Waals surface area contributed by atoms with E-state index in [-0.39, 0.29) is 21.3 Å². The van der Waals surface area contributed by atoms with Crippen LogP contribution in [0.4, 0.5) is 18.9 Å². The van der Waals surface area contributed by atoms with Crippen molar-refractivity contribution < 1.29 is 26.1 Å². The number of thiophene rings is 1. The maximum atomic E-state index is 12.7. The van der Waals surface area contributed by atoms with Crippen molar-refractivity contribution in [2.24, 2.45) is 10.7 Å².